The van der Waals surface area contributed by atoms with Crippen molar-refractivity contribution in [2.45, 2.75) is 20.4 Å². The van der Waals surface area contributed by atoms with E-state index in [0.717, 1.165) is 19.6 Å². The highest BCUT2D eigenvalue weighted by Crippen LogP contribution is 2.18. The van der Waals surface area contributed by atoms with Gasteiger partial charge >= 0.3 is 0 Å². The highest BCUT2D eigenvalue weighted by molar-refractivity contribution is 5.51. The Morgan fingerprint density at radius 2 is 1.89 bits per heavy atom. The minimum atomic E-state index is 0.525. The second-order valence-corrected chi connectivity index (χ2v) is 5.52. The van der Waals surface area contributed by atoms with Crippen molar-refractivity contribution in [1.29, 1.82) is 0 Å². The molecular formula is C15H27N3. The van der Waals surface area contributed by atoms with Crippen molar-refractivity contribution in [3.05, 3.63) is 29.8 Å². The lowest BCUT2D eigenvalue weighted by Gasteiger charge is -2.22. The molecule has 3 nitrogen and oxygen atoms in total. The number of nitrogens with two attached hydrogens (primary N) is 1. The SMILES string of the molecule is CC(C)C(CN)CNc1ccccc1CN(C)C. The van der Waals surface area contributed by atoms with E-state index in [-0.39, 0.29) is 0 Å². The number of hydrogen-bond donors (Lipinski definition) is 2. The van der Waals surface area contributed by atoms with Crippen molar-refractivity contribution in [3.8, 4) is 0 Å². The first-order valence-electron chi connectivity index (χ1n) is 6.71. The van der Waals surface area contributed by atoms with Crippen LogP contribution in [0.4, 0.5) is 5.69 Å². The van der Waals surface area contributed by atoms with Crippen LogP contribution in [0.25, 0.3) is 0 Å². The summed E-state index contributed by atoms with van der Waals surface area (Å²) < 4.78 is 0. The predicted octanol–water partition coefficient (Wildman–Crippen LogP) is 2.39. The molecule has 0 saturated carbocycles. The molecule has 0 bridgehead atoms. The van der Waals surface area contributed by atoms with E-state index in [0.29, 0.717) is 11.8 Å². The van der Waals surface area contributed by atoms with Crippen LogP contribution in [-0.2, 0) is 6.54 Å². The Labute approximate surface area is 111 Å². The van der Waals surface area contributed by atoms with Gasteiger partial charge in [0.15, 0.2) is 0 Å². The fraction of sp³-hybridized carbons (Fsp3) is 0.600. The third kappa shape index (κ3) is 4.67. The van der Waals surface area contributed by atoms with Crippen molar-refractivity contribution in [2.75, 3.05) is 32.5 Å². The first-order valence-corrected chi connectivity index (χ1v) is 6.71. The fourth-order valence-corrected chi connectivity index (χ4v) is 2.00. The van der Waals surface area contributed by atoms with Gasteiger partial charge in [-0.25, -0.2) is 0 Å². The summed E-state index contributed by atoms with van der Waals surface area (Å²) in [6, 6.07) is 8.49. The molecule has 0 heterocycles. The first kappa shape index (κ1) is 15.0. The van der Waals surface area contributed by atoms with Crippen LogP contribution in [0.1, 0.15) is 19.4 Å². The lowest BCUT2D eigenvalue weighted by atomic mass is 9.96. The van der Waals surface area contributed by atoms with Gasteiger partial charge in [0.25, 0.3) is 0 Å². The molecule has 0 saturated heterocycles. The van der Waals surface area contributed by atoms with Gasteiger partial charge in [0.1, 0.15) is 0 Å². The number of anilines is 1. The summed E-state index contributed by atoms with van der Waals surface area (Å²) in [5.74, 6) is 1.14. The van der Waals surface area contributed by atoms with Gasteiger partial charge in [-0.05, 0) is 44.1 Å². The number of hydrogen-bond acceptors (Lipinski definition) is 3. The summed E-state index contributed by atoms with van der Waals surface area (Å²) in [5.41, 5.74) is 8.37. The summed E-state index contributed by atoms with van der Waals surface area (Å²) >= 11 is 0. The summed E-state index contributed by atoms with van der Waals surface area (Å²) in [5, 5.41) is 3.54. The van der Waals surface area contributed by atoms with Gasteiger partial charge in [0.05, 0.1) is 0 Å². The maximum absolute atomic E-state index is 5.81. The summed E-state index contributed by atoms with van der Waals surface area (Å²) in [7, 11) is 4.18. The zero-order valence-electron chi connectivity index (χ0n) is 12.1. The van der Waals surface area contributed by atoms with Crippen molar-refractivity contribution in [1.82, 2.24) is 4.90 Å². The average Bonchev–Trinajstić information content (AvgIpc) is 2.30. The fourth-order valence-electron chi connectivity index (χ4n) is 2.00. The standard InChI is InChI=1S/C15H27N3/c1-12(2)14(9-16)10-17-15-8-6-5-7-13(15)11-18(3)4/h5-8,12,14,17H,9-11,16H2,1-4H3. The molecule has 1 atom stereocenters. The Bertz CT molecular complexity index is 347. The maximum atomic E-state index is 5.81. The van der Waals surface area contributed by atoms with Gasteiger partial charge in [-0.2, -0.15) is 0 Å². The predicted molar refractivity (Wildman–Crippen MR) is 79.7 cm³/mol. The minimum Gasteiger partial charge on any atom is -0.384 e. The first-order chi connectivity index (χ1) is 8.54. The Hall–Kier alpha value is -1.06. The van der Waals surface area contributed by atoms with Crippen LogP contribution in [0.15, 0.2) is 24.3 Å². The largest absolute Gasteiger partial charge is 0.384 e. The molecule has 1 unspecified atom stereocenters. The lowest BCUT2D eigenvalue weighted by Crippen LogP contribution is -2.27. The summed E-state index contributed by atoms with van der Waals surface area (Å²) in [6.45, 7) is 7.09. The van der Waals surface area contributed by atoms with Crippen LogP contribution >= 0.6 is 0 Å². The molecule has 0 aliphatic carbocycles. The Morgan fingerprint density at radius 1 is 1.22 bits per heavy atom. The van der Waals surface area contributed by atoms with Crippen LogP contribution in [0.3, 0.4) is 0 Å². The highest BCUT2D eigenvalue weighted by atomic mass is 15.1. The van der Waals surface area contributed by atoms with E-state index < -0.39 is 0 Å². The molecule has 0 spiro atoms. The molecule has 0 fully saturated rings. The van der Waals surface area contributed by atoms with Crippen LogP contribution in [-0.4, -0.2) is 32.1 Å². The number of rotatable bonds is 7. The van der Waals surface area contributed by atoms with Gasteiger partial charge in [-0.3, -0.25) is 0 Å². The maximum Gasteiger partial charge on any atom is 0.0385 e. The molecule has 1 aromatic carbocycles. The van der Waals surface area contributed by atoms with E-state index in [1.807, 2.05) is 0 Å². The van der Waals surface area contributed by atoms with E-state index in [4.69, 9.17) is 5.73 Å². The van der Waals surface area contributed by atoms with Gasteiger partial charge in [-0.15, -0.1) is 0 Å². The van der Waals surface area contributed by atoms with Gasteiger partial charge in [-0.1, -0.05) is 32.0 Å². The quantitative estimate of drug-likeness (QED) is 0.779. The molecule has 1 rings (SSSR count). The Balaban J connectivity index is 2.66. The molecule has 0 amide bonds. The van der Waals surface area contributed by atoms with Gasteiger partial charge < -0.3 is 16.0 Å². The average molecular weight is 249 g/mol. The molecule has 3 heteroatoms. The zero-order valence-corrected chi connectivity index (χ0v) is 12.1. The molecule has 1 aromatic rings. The molecule has 0 aliphatic heterocycles. The third-order valence-corrected chi connectivity index (χ3v) is 3.30. The smallest absolute Gasteiger partial charge is 0.0385 e. The van der Waals surface area contributed by atoms with Crippen LogP contribution in [0.2, 0.25) is 0 Å². The highest BCUT2D eigenvalue weighted by Gasteiger charge is 2.11. The van der Waals surface area contributed by atoms with E-state index in [1.165, 1.54) is 11.3 Å². The molecule has 3 N–H and O–H groups in total. The second kappa shape index (κ2) is 7.39. The molecular weight excluding hydrogens is 222 g/mol. The molecule has 18 heavy (non-hydrogen) atoms. The molecule has 0 aromatic heterocycles. The Kier molecular flexibility index (Phi) is 6.16. The summed E-state index contributed by atoms with van der Waals surface area (Å²) in [4.78, 5) is 2.18. The van der Waals surface area contributed by atoms with Gasteiger partial charge in [0, 0.05) is 18.8 Å². The van der Waals surface area contributed by atoms with E-state index >= 15 is 0 Å². The monoisotopic (exact) mass is 249 g/mol. The lowest BCUT2D eigenvalue weighted by molar-refractivity contribution is 0.401. The number of para-hydroxylation sites is 1. The van der Waals surface area contributed by atoms with E-state index in [1.54, 1.807) is 0 Å². The number of nitrogens with zero attached hydrogens (tertiary/aromatic N) is 1. The molecule has 102 valence electrons. The summed E-state index contributed by atoms with van der Waals surface area (Å²) in [6.07, 6.45) is 0. The van der Waals surface area contributed by atoms with Crippen molar-refractivity contribution in [3.63, 3.8) is 0 Å². The van der Waals surface area contributed by atoms with Crippen molar-refractivity contribution in [2.24, 2.45) is 17.6 Å². The second-order valence-electron chi connectivity index (χ2n) is 5.52. The van der Waals surface area contributed by atoms with Gasteiger partial charge in [0.2, 0.25) is 0 Å². The number of benzene rings is 1. The normalized spacial score (nSPS) is 13.1. The number of nitrogens with one attached hydrogen (secondary N) is 1. The van der Waals surface area contributed by atoms with Crippen molar-refractivity contribution >= 4 is 5.69 Å². The Morgan fingerprint density at radius 3 is 2.44 bits per heavy atom. The van der Waals surface area contributed by atoms with Crippen LogP contribution in [0, 0.1) is 11.8 Å². The van der Waals surface area contributed by atoms with E-state index in [9.17, 15) is 0 Å². The molecule has 0 radical (unpaired) electrons. The van der Waals surface area contributed by atoms with Crippen molar-refractivity contribution < 1.29 is 0 Å². The topological polar surface area (TPSA) is 41.3 Å². The third-order valence-electron chi connectivity index (χ3n) is 3.30. The molecule has 0 aliphatic rings. The zero-order chi connectivity index (χ0) is 13.5. The minimum absolute atomic E-state index is 0.525. The van der Waals surface area contributed by atoms with Crippen LogP contribution in [0.5, 0.6) is 0 Å². The van der Waals surface area contributed by atoms with Crippen LogP contribution < -0.4 is 11.1 Å². The van der Waals surface area contributed by atoms with E-state index in [2.05, 4.69) is 62.4 Å².